The van der Waals surface area contributed by atoms with Gasteiger partial charge in [-0.05, 0) is 34.1 Å². The average molecular weight is 329 g/mol. The predicted molar refractivity (Wildman–Crippen MR) is 73.6 cm³/mol. The van der Waals surface area contributed by atoms with Crippen LogP contribution in [-0.4, -0.2) is 10.1 Å². The number of aliphatic hydroxyl groups excluding tert-OH is 1. The number of benzene rings is 1. The van der Waals surface area contributed by atoms with Gasteiger partial charge in [-0.1, -0.05) is 17.7 Å². The molecule has 0 bridgehead atoms. The van der Waals surface area contributed by atoms with Crippen LogP contribution in [0.4, 0.5) is 0 Å². The number of aromatic nitrogens is 1. The van der Waals surface area contributed by atoms with Crippen LogP contribution in [0.25, 0.3) is 0 Å². The lowest BCUT2D eigenvalue weighted by molar-refractivity contribution is 0.259. The molecule has 1 heterocycles. The fourth-order valence-corrected chi connectivity index (χ4v) is 2.16. The Morgan fingerprint density at radius 2 is 2.17 bits per heavy atom. The summed E-state index contributed by atoms with van der Waals surface area (Å²) in [5.41, 5.74) is 1.54. The van der Waals surface area contributed by atoms with Crippen LogP contribution in [0.15, 0.2) is 41.1 Å². The van der Waals surface area contributed by atoms with Crippen molar-refractivity contribution < 1.29 is 9.84 Å². The van der Waals surface area contributed by atoms with Gasteiger partial charge in [-0.25, -0.2) is 0 Å². The Morgan fingerprint density at radius 1 is 1.33 bits per heavy atom. The summed E-state index contributed by atoms with van der Waals surface area (Å²) in [6, 6.07) is 7.22. The highest BCUT2D eigenvalue weighted by molar-refractivity contribution is 9.10. The molecule has 1 aromatic heterocycles. The van der Waals surface area contributed by atoms with E-state index in [1.807, 2.05) is 6.07 Å². The highest BCUT2D eigenvalue weighted by Crippen LogP contribution is 2.27. The van der Waals surface area contributed by atoms with E-state index in [1.54, 1.807) is 30.6 Å². The fourth-order valence-electron chi connectivity index (χ4n) is 1.52. The zero-order valence-corrected chi connectivity index (χ0v) is 11.8. The molecular formula is C13H11BrClNO2. The molecule has 1 aromatic carbocycles. The van der Waals surface area contributed by atoms with E-state index in [0.29, 0.717) is 22.9 Å². The molecule has 94 valence electrons. The number of pyridine rings is 1. The monoisotopic (exact) mass is 327 g/mol. The lowest BCUT2D eigenvalue weighted by Crippen LogP contribution is -1.99. The number of ether oxygens (including phenoxy) is 1. The van der Waals surface area contributed by atoms with Crippen molar-refractivity contribution in [2.45, 2.75) is 13.2 Å². The van der Waals surface area contributed by atoms with E-state index in [9.17, 15) is 5.11 Å². The molecule has 0 atom stereocenters. The molecule has 2 rings (SSSR count). The summed E-state index contributed by atoms with van der Waals surface area (Å²) in [6.07, 6.45) is 3.44. The van der Waals surface area contributed by atoms with E-state index >= 15 is 0 Å². The summed E-state index contributed by atoms with van der Waals surface area (Å²) < 4.78 is 6.54. The maximum atomic E-state index is 9.26. The van der Waals surface area contributed by atoms with Crippen molar-refractivity contribution in [2.24, 2.45) is 0 Å². The molecule has 5 heteroatoms. The minimum absolute atomic E-state index is 0.147. The summed E-state index contributed by atoms with van der Waals surface area (Å²) >= 11 is 9.33. The van der Waals surface area contributed by atoms with E-state index in [1.165, 1.54) is 0 Å². The summed E-state index contributed by atoms with van der Waals surface area (Å²) in [6.45, 7) is 0.228. The average Bonchev–Trinajstić information content (AvgIpc) is 2.36. The zero-order valence-electron chi connectivity index (χ0n) is 9.44. The Hall–Kier alpha value is -1.10. The van der Waals surface area contributed by atoms with Gasteiger partial charge in [-0.3, -0.25) is 4.98 Å². The maximum absolute atomic E-state index is 9.26. The zero-order chi connectivity index (χ0) is 13.0. The van der Waals surface area contributed by atoms with E-state index < -0.39 is 0 Å². The maximum Gasteiger partial charge on any atom is 0.126 e. The normalized spacial score (nSPS) is 10.4. The van der Waals surface area contributed by atoms with Gasteiger partial charge < -0.3 is 9.84 Å². The lowest BCUT2D eigenvalue weighted by Gasteiger charge is -2.11. The van der Waals surface area contributed by atoms with Gasteiger partial charge in [0.1, 0.15) is 12.4 Å². The number of rotatable bonds is 4. The van der Waals surface area contributed by atoms with Crippen molar-refractivity contribution in [2.75, 3.05) is 0 Å². The smallest absolute Gasteiger partial charge is 0.126 e. The molecule has 1 N–H and O–H groups in total. The molecule has 0 fully saturated rings. The fraction of sp³-hybridized carbons (Fsp3) is 0.154. The van der Waals surface area contributed by atoms with Crippen molar-refractivity contribution in [3.8, 4) is 5.75 Å². The third-order valence-electron chi connectivity index (χ3n) is 2.39. The van der Waals surface area contributed by atoms with Crippen LogP contribution in [0.5, 0.6) is 5.75 Å². The molecule has 0 aliphatic carbocycles. The number of aliphatic hydroxyl groups is 1. The Bertz CT molecular complexity index is 548. The van der Waals surface area contributed by atoms with E-state index in [2.05, 4.69) is 20.9 Å². The summed E-state index contributed by atoms with van der Waals surface area (Å²) in [5, 5.41) is 9.76. The molecule has 0 aliphatic rings. The van der Waals surface area contributed by atoms with Crippen LogP contribution in [0.3, 0.4) is 0 Å². The quantitative estimate of drug-likeness (QED) is 0.933. The van der Waals surface area contributed by atoms with Gasteiger partial charge in [0.2, 0.25) is 0 Å². The summed E-state index contributed by atoms with van der Waals surface area (Å²) in [7, 11) is 0. The van der Waals surface area contributed by atoms with Crippen molar-refractivity contribution in [3.05, 3.63) is 57.3 Å². The SMILES string of the molecule is OCc1c(Cl)cccc1OCc1cncc(Br)c1. The molecule has 0 spiro atoms. The number of nitrogens with zero attached hydrogens (tertiary/aromatic N) is 1. The molecule has 0 saturated heterocycles. The summed E-state index contributed by atoms with van der Waals surface area (Å²) in [5.74, 6) is 0.588. The Balaban J connectivity index is 2.13. The van der Waals surface area contributed by atoms with Gasteiger partial charge in [0, 0.05) is 33.0 Å². The van der Waals surface area contributed by atoms with Gasteiger partial charge in [-0.15, -0.1) is 0 Å². The van der Waals surface area contributed by atoms with Crippen LogP contribution in [-0.2, 0) is 13.2 Å². The highest BCUT2D eigenvalue weighted by Gasteiger charge is 2.07. The van der Waals surface area contributed by atoms with Crippen molar-refractivity contribution in [3.63, 3.8) is 0 Å². The van der Waals surface area contributed by atoms with Crippen LogP contribution in [0.1, 0.15) is 11.1 Å². The first kappa shape index (κ1) is 13.3. The van der Waals surface area contributed by atoms with Crippen LogP contribution in [0.2, 0.25) is 5.02 Å². The lowest BCUT2D eigenvalue weighted by atomic mass is 10.2. The molecule has 0 aliphatic heterocycles. The predicted octanol–water partition coefficient (Wildman–Crippen LogP) is 3.57. The van der Waals surface area contributed by atoms with Crippen molar-refractivity contribution in [1.82, 2.24) is 4.98 Å². The van der Waals surface area contributed by atoms with Crippen molar-refractivity contribution in [1.29, 1.82) is 0 Å². The molecule has 0 amide bonds. The van der Waals surface area contributed by atoms with Gasteiger partial charge in [0.05, 0.1) is 6.61 Å². The largest absolute Gasteiger partial charge is 0.488 e. The van der Waals surface area contributed by atoms with Gasteiger partial charge in [0.15, 0.2) is 0 Å². The van der Waals surface area contributed by atoms with Crippen LogP contribution >= 0.6 is 27.5 Å². The second-order valence-electron chi connectivity index (χ2n) is 3.67. The number of hydrogen-bond acceptors (Lipinski definition) is 3. The molecule has 3 nitrogen and oxygen atoms in total. The standard InChI is InChI=1S/C13H11BrClNO2/c14-10-4-9(5-16-6-10)8-18-13-3-1-2-12(15)11(13)7-17/h1-6,17H,7-8H2. The van der Waals surface area contributed by atoms with Gasteiger partial charge >= 0.3 is 0 Å². The Labute approximate surface area is 119 Å². The minimum atomic E-state index is -0.147. The third kappa shape index (κ3) is 3.22. The first-order valence-electron chi connectivity index (χ1n) is 5.31. The van der Waals surface area contributed by atoms with E-state index in [-0.39, 0.29) is 6.61 Å². The molecule has 18 heavy (non-hydrogen) atoms. The van der Waals surface area contributed by atoms with Crippen molar-refractivity contribution >= 4 is 27.5 Å². The van der Waals surface area contributed by atoms with E-state index in [0.717, 1.165) is 10.0 Å². The number of halogens is 2. The Kier molecular flexibility index (Phi) is 4.58. The number of hydrogen-bond donors (Lipinski definition) is 1. The molecule has 0 unspecified atom stereocenters. The first-order valence-corrected chi connectivity index (χ1v) is 6.48. The summed E-state index contributed by atoms with van der Waals surface area (Å²) in [4.78, 5) is 4.05. The molecular weight excluding hydrogens is 318 g/mol. The molecule has 0 radical (unpaired) electrons. The second kappa shape index (κ2) is 6.18. The first-order chi connectivity index (χ1) is 8.70. The highest BCUT2D eigenvalue weighted by atomic mass is 79.9. The minimum Gasteiger partial charge on any atom is -0.488 e. The third-order valence-corrected chi connectivity index (χ3v) is 3.18. The Morgan fingerprint density at radius 3 is 2.89 bits per heavy atom. The van der Waals surface area contributed by atoms with Crippen LogP contribution in [0, 0.1) is 0 Å². The van der Waals surface area contributed by atoms with E-state index in [4.69, 9.17) is 16.3 Å². The molecule has 2 aromatic rings. The topological polar surface area (TPSA) is 42.4 Å². The molecule has 0 saturated carbocycles. The second-order valence-corrected chi connectivity index (χ2v) is 5.00. The van der Waals surface area contributed by atoms with Gasteiger partial charge in [0.25, 0.3) is 0 Å². The van der Waals surface area contributed by atoms with Crippen LogP contribution < -0.4 is 4.74 Å². The van der Waals surface area contributed by atoms with Gasteiger partial charge in [-0.2, -0.15) is 0 Å².